The standard InChI is InChI=1S/C18H20N2O5S/c1-26(23,24)16-4-2-3-15(10-16)25-14-7-5-12(6-8-14)20-18(22)17-9-13(21)11-19-17/h2-8,10,13,17,19,21H,9,11H2,1H3,(H,20,22). The first-order chi connectivity index (χ1) is 12.3. The molecule has 3 rings (SSSR count). The number of aliphatic hydroxyl groups is 1. The minimum atomic E-state index is -3.30. The van der Waals surface area contributed by atoms with Crippen molar-refractivity contribution in [3.8, 4) is 11.5 Å². The van der Waals surface area contributed by atoms with Gasteiger partial charge in [-0.2, -0.15) is 0 Å². The predicted octanol–water partition coefficient (Wildman–Crippen LogP) is 1.54. The molecule has 1 amide bonds. The van der Waals surface area contributed by atoms with Crippen molar-refractivity contribution in [1.29, 1.82) is 0 Å². The molecule has 0 bridgehead atoms. The van der Waals surface area contributed by atoms with Gasteiger partial charge >= 0.3 is 0 Å². The van der Waals surface area contributed by atoms with Crippen LogP contribution in [-0.2, 0) is 14.6 Å². The quantitative estimate of drug-likeness (QED) is 0.731. The molecule has 0 radical (unpaired) electrons. The van der Waals surface area contributed by atoms with Crippen molar-refractivity contribution >= 4 is 21.4 Å². The van der Waals surface area contributed by atoms with Crippen LogP contribution < -0.4 is 15.4 Å². The molecule has 2 aromatic rings. The third kappa shape index (κ3) is 4.60. The summed E-state index contributed by atoms with van der Waals surface area (Å²) < 4.78 is 28.9. The summed E-state index contributed by atoms with van der Waals surface area (Å²) in [6, 6.07) is 12.6. The fourth-order valence-electron chi connectivity index (χ4n) is 2.66. The van der Waals surface area contributed by atoms with Gasteiger partial charge in [0.15, 0.2) is 9.84 Å². The third-order valence-corrected chi connectivity index (χ3v) is 5.13. The molecule has 2 aromatic carbocycles. The summed E-state index contributed by atoms with van der Waals surface area (Å²) in [6.45, 7) is 0.414. The highest BCUT2D eigenvalue weighted by Gasteiger charge is 2.27. The summed E-state index contributed by atoms with van der Waals surface area (Å²) in [5.74, 6) is 0.730. The molecular weight excluding hydrogens is 356 g/mol. The van der Waals surface area contributed by atoms with Gasteiger partial charge in [-0.25, -0.2) is 8.42 Å². The van der Waals surface area contributed by atoms with Gasteiger partial charge in [0.1, 0.15) is 11.5 Å². The zero-order valence-electron chi connectivity index (χ0n) is 14.2. The number of hydrogen-bond donors (Lipinski definition) is 3. The highest BCUT2D eigenvalue weighted by atomic mass is 32.2. The number of sulfone groups is 1. The first kappa shape index (κ1) is 18.4. The minimum absolute atomic E-state index is 0.185. The van der Waals surface area contributed by atoms with Crippen LogP contribution in [-0.4, -0.2) is 44.4 Å². The topological polar surface area (TPSA) is 105 Å². The van der Waals surface area contributed by atoms with Gasteiger partial charge in [0.25, 0.3) is 0 Å². The molecule has 2 atom stereocenters. The number of ether oxygens (including phenoxy) is 1. The molecule has 0 spiro atoms. The number of carbonyl (C=O) groups is 1. The van der Waals surface area contributed by atoms with Crippen LogP contribution in [0.4, 0.5) is 5.69 Å². The second kappa shape index (κ2) is 7.45. The monoisotopic (exact) mass is 376 g/mol. The summed E-state index contributed by atoms with van der Waals surface area (Å²) in [7, 11) is -3.30. The molecule has 0 aromatic heterocycles. The predicted molar refractivity (Wildman–Crippen MR) is 97.1 cm³/mol. The number of nitrogens with one attached hydrogen (secondary N) is 2. The molecule has 8 heteroatoms. The van der Waals surface area contributed by atoms with Crippen LogP contribution in [0.1, 0.15) is 6.42 Å². The van der Waals surface area contributed by atoms with Crippen LogP contribution in [0.5, 0.6) is 11.5 Å². The molecular formula is C18H20N2O5S. The van der Waals surface area contributed by atoms with Gasteiger partial charge in [0.2, 0.25) is 5.91 Å². The molecule has 26 heavy (non-hydrogen) atoms. The van der Waals surface area contributed by atoms with Gasteiger partial charge in [-0.1, -0.05) is 6.07 Å². The van der Waals surface area contributed by atoms with Gasteiger partial charge in [-0.05, 0) is 48.9 Å². The fraction of sp³-hybridized carbons (Fsp3) is 0.278. The first-order valence-corrected chi connectivity index (χ1v) is 10.0. The largest absolute Gasteiger partial charge is 0.457 e. The minimum Gasteiger partial charge on any atom is -0.457 e. The van der Waals surface area contributed by atoms with E-state index in [0.717, 1.165) is 6.26 Å². The van der Waals surface area contributed by atoms with Crippen molar-refractivity contribution in [1.82, 2.24) is 5.32 Å². The molecule has 1 aliphatic rings. The van der Waals surface area contributed by atoms with Crippen LogP contribution >= 0.6 is 0 Å². The lowest BCUT2D eigenvalue weighted by atomic mass is 10.2. The average Bonchev–Trinajstić information content (AvgIpc) is 3.03. The Balaban J connectivity index is 1.64. The maximum Gasteiger partial charge on any atom is 0.241 e. The van der Waals surface area contributed by atoms with Crippen molar-refractivity contribution in [3.05, 3.63) is 48.5 Å². The Morgan fingerprint density at radius 2 is 1.92 bits per heavy atom. The summed E-state index contributed by atoms with van der Waals surface area (Å²) in [5, 5.41) is 15.2. The van der Waals surface area contributed by atoms with Crippen LogP contribution in [0.15, 0.2) is 53.4 Å². The molecule has 1 saturated heterocycles. The van der Waals surface area contributed by atoms with Crippen molar-refractivity contribution in [2.24, 2.45) is 0 Å². The zero-order chi connectivity index (χ0) is 18.7. The lowest BCUT2D eigenvalue weighted by molar-refractivity contribution is -0.117. The number of hydrogen-bond acceptors (Lipinski definition) is 6. The van der Waals surface area contributed by atoms with E-state index in [2.05, 4.69) is 10.6 Å². The molecule has 1 aliphatic heterocycles. The van der Waals surface area contributed by atoms with Crippen LogP contribution in [0.25, 0.3) is 0 Å². The number of aliphatic hydroxyl groups excluding tert-OH is 1. The van der Waals surface area contributed by atoms with Gasteiger partial charge in [0, 0.05) is 18.5 Å². The molecule has 1 heterocycles. The van der Waals surface area contributed by atoms with E-state index in [9.17, 15) is 18.3 Å². The third-order valence-electron chi connectivity index (χ3n) is 4.02. The number of rotatable bonds is 5. The molecule has 1 fully saturated rings. The van der Waals surface area contributed by atoms with E-state index in [1.807, 2.05) is 0 Å². The Kier molecular flexibility index (Phi) is 5.26. The second-order valence-electron chi connectivity index (χ2n) is 6.21. The molecule has 7 nitrogen and oxygen atoms in total. The van der Waals surface area contributed by atoms with Gasteiger partial charge in [-0.3, -0.25) is 4.79 Å². The molecule has 0 saturated carbocycles. The first-order valence-electron chi connectivity index (χ1n) is 8.11. The molecule has 0 aliphatic carbocycles. The number of benzene rings is 2. The second-order valence-corrected chi connectivity index (χ2v) is 8.23. The van der Waals surface area contributed by atoms with E-state index in [-0.39, 0.29) is 10.8 Å². The lowest BCUT2D eigenvalue weighted by Crippen LogP contribution is -2.35. The lowest BCUT2D eigenvalue weighted by Gasteiger charge is -2.12. The SMILES string of the molecule is CS(=O)(=O)c1cccc(Oc2ccc(NC(=O)C3CC(O)CN3)cc2)c1. The summed E-state index contributed by atoms with van der Waals surface area (Å²) in [4.78, 5) is 12.3. The van der Waals surface area contributed by atoms with Gasteiger partial charge < -0.3 is 20.5 Å². The van der Waals surface area contributed by atoms with Gasteiger partial charge in [0.05, 0.1) is 17.0 Å². The van der Waals surface area contributed by atoms with Crippen molar-refractivity contribution in [3.63, 3.8) is 0 Å². The fourth-order valence-corrected chi connectivity index (χ4v) is 3.31. The highest BCUT2D eigenvalue weighted by Crippen LogP contribution is 2.25. The van der Waals surface area contributed by atoms with E-state index < -0.39 is 22.0 Å². The van der Waals surface area contributed by atoms with Gasteiger partial charge in [-0.15, -0.1) is 0 Å². The maximum atomic E-state index is 12.1. The Morgan fingerprint density at radius 3 is 2.54 bits per heavy atom. The van der Waals surface area contributed by atoms with Crippen LogP contribution in [0.2, 0.25) is 0 Å². The Hall–Kier alpha value is -2.42. The summed E-state index contributed by atoms with van der Waals surface area (Å²) in [5.41, 5.74) is 0.607. The van der Waals surface area contributed by atoms with Crippen molar-refractivity contribution in [2.75, 3.05) is 18.1 Å². The molecule has 138 valence electrons. The summed E-state index contributed by atoms with van der Waals surface area (Å²) >= 11 is 0. The number of amides is 1. The normalized spacial score (nSPS) is 19.9. The average molecular weight is 376 g/mol. The van der Waals surface area contributed by atoms with Crippen molar-refractivity contribution < 1.29 is 23.1 Å². The molecule has 2 unspecified atom stereocenters. The van der Waals surface area contributed by atoms with E-state index in [0.29, 0.717) is 30.2 Å². The van der Waals surface area contributed by atoms with E-state index in [1.165, 1.54) is 12.1 Å². The van der Waals surface area contributed by atoms with E-state index in [1.54, 1.807) is 36.4 Å². The highest BCUT2D eigenvalue weighted by molar-refractivity contribution is 7.90. The maximum absolute atomic E-state index is 12.1. The van der Waals surface area contributed by atoms with Crippen LogP contribution in [0.3, 0.4) is 0 Å². The van der Waals surface area contributed by atoms with Crippen LogP contribution in [0, 0.1) is 0 Å². The Morgan fingerprint density at radius 1 is 1.19 bits per heavy atom. The smallest absolute Gasteiger partial charge is 0.241 e. The number of β-amino-alcohol motifs (C(OH)–C–C–N with tert-alkyl or cyclic N) is 1. The van der Waals surface area contributed by atoms with Crippen molar-refractivity contribution in [2.45, 2.75) is 23.5 Å². The zero-order valence-corrected chi connectivity index (χ0v) is 15.0. The van der Waals surface area contributed by atoms with E-state index in [4.69, 9.17) is 4.74 Å². The Labute approximate surface area is 151 Å². The molecule has 3 N–H and O–H groups in total. The number of carbonyl (C=O) groups excluding carboxylic acids is 1. The Bertz CT molecular complexity index is 896. The van der Waals surface area contributed by atoms with E-state index >= 15 is 0 Å². The number of anilines is 1. The summed E-state index contributed by atoms with van der Waals surface area (Å²) in [6.07, 6.45) is 1.04.